The molecule has 0 saturated carbocycles. The average Bonchev–Trinajstić information content (AvgIpc) is 2.69. The number of amides is 1. The van der Waals surface area contributed by atoms with Crippen LogP contribution in [-0.2, 0) is 4.79 Å². The third kappa shape index (κ3) is 3.01. The molecule has 2 rings (SSSR count). The number of guanidine groups is 1. The molecule has 0 radical (unpaired) electrons. The van der Waals surface area contributed by atoms with Gasteiger partial charge in [0.1, 0.15) is 6.04 Å². The van der Waals surface area contributed by atoms with E-state index in [1.165, 1.54) is 0 Å². The van der Waals surface area contributed by atoms with Gasteiger partial charge in [-0.15, -0.1) is 0 Å². The van der Waals surface area contributed by atoms with Crippen LogP contribution in [0.5, 0.6) is 0 Å². The summed E-state index contributed by atoms with van der Waals surface area (Å²) in [5.41, 5.74) is 0.881. The van der Waals surface area contributed by atoms with Crippen LogP contribution in [0.25, 0.3) is 0 Å². The molecule has 0 aromatic heterocycles. The van der Waals surface area contributed by atoms with Crippen molar-refractivity contribution in [2.75, 3.05) is 6.54 Å². The molecule has 1 unspecified atom stereocenters. The van der Waals surface area contributed by atoms with Crippen molar-refractivity contribution in [1.82, 2.24) is 10.6 Å². The van der Waals surface area contributed by atoms with Gasteiger partial charge in [0, 0.05) is 11.6 Å². The minimum absolute atomic E-state index is 0.0835. The van der Waals surface area contributed by atoms with Gasteiger partial charge >= 0.3 is 0 Å². The highest BCUT2D eigenvalue weighted by molar-refractivity contribution is 6.30. The van der Waals surface area contributed by atoms with Crippen LogP contribution in [0.3, 0.4) is 0 Å². The Balaban J connectivity index is 2.10. The Kier molecular flexibility index (Phi) is 3.87. The Labute approximate surface area is 111 Å². The third-order valence-electron chi connectivity index (χ3n) is 2.60. The molecule has 1 aliphatic heterocycles. The van der Waals surface area contributed by atoms with Gasteiger partial charge < -0.3 is 5.32 Å². The number of nitrogens with zero attached hydrogens (tertiary/aromatic N) is 1. The minimum atomic E-state index is -0.381. The topological polar surface area (TPSA) is 53.5 Å². The normalized spacial score (nSPS) is 21.2. The largest absolute Gasteiger partial charge is 0.340 e. The molecule has 5 heteroatoms. The fraction of sp³-hybridized carbons (Fsp3) is 0.385. The number of halogens is 1. The lowest BCUT2D eigenvalue weighted by Crippen LogP contribution is -2.26. The molecule has 2 N–H and O–H groups in total. The van der Waals surface area contributed by atoms with Gasteiger partial charge in [-0.2, -0.15) is 0 Å². The third-order valence-corrected chi connectivity index (χ3v) is 2.85. The number of hydrogen-bond donors (Lipinski definition) is 2. The molecule has 4 nitrogen and oxygen atoms in total. The van der Waals surface area contributed by atoms with E-state index in [1.54, 1.807) is 12.1 Å². The maximum absolute atomic E-state index is 11.8. The second-order valence-corrected chi connectivity index (χ2v) is 5.14. The number of aliphatic imine (C=N–C) groups is 1. The molecular formula is C13H16ClN3O. The van der Waals surface area contributed by atoms with E-state index in [9.17, 15) is 4.79 Å². The van der Waals surface area contributed by atoms with Crippen molar-refractivity contribution in [1.29, 1.82) is 0 Å². The van der Waals surface area contributed by atoms with Crippen LogP contribution in [0.1, 0.15) is 25.5 Å². The molecule has 1 fully saturated rings. The number of rotatable bonds is 3. The Bertz CT molecular complexity index is 468. The van der Waals surface area contributed by atoms with E-state index in [1.807, 2.05) is 12.1 Å². The van der Waals surface area contributed by atoms with Gasteiger partial charge in [-0.1, -0.05) is 37.6 Å². The smallest absolute Gasteiger partial charge is 0.253 e. The minimum Gasteiger partial charge on any atom is -0.340 e. The lowest BCUT2D eigenvalue weighted by Gasteiger charge is -2.08. The van der Waals surface area contributed by atoms with Crippen LogP contribution < -0.4 is 10.6 Å². The van der Waals surface area contributed by atoms with E-state index < -0.39 is 0 Å². The predicted octanol–water partition coefficient (Wildman–Crippen LogP) is 2.11. The van der Waals surface area contributed by atoms with Crippen LogP contribution in [-0.4, -0.2) is 18.4 Å². The van der Waals surface area contributed by atoms with E-state index in [4.69, 9.17) is 11.6 Å². The molecule has 1 saturated heterocycles. The van der Waals surface area contributed by atoms with Crippen molar-refractivity contribution >= 4 is 23.5 Å². The Hall–Kier alpha value is -1.55. The summed E-state index contributed by atoms with van der Waals surface area (Å²) in [5, 5.41) is 6.48. The van der Waals surface area contributed by atoms with E-state index in [-0.39, 0.29) is 11.9 Å². The molecule has 0 bridgehead atoms. The van der Waals surface area contributed by atoms with Gasteiger partial charge in [0.05, 0.1) is 0 Å². The van der Waals surface area contributed by atoms with Crippen molar-refractivity contribution in [2.45, 2.75) is 19.9 Å². The highest BCUT2D eigenvalue weighted by Crippen LogP contribution is 2.19. The highest BCUT2D eigenvalue weighted by atomic mass is 35.5. The average molecular weight is 266 g/mol. The lowest BCUT2D eigenvalue weighted by atomic mass is 10.1. The van der Waals surface area contributed by atoms with Crippen LogP contribution >= 0.6 is 11.6 Å². The molecule has 0 spiro atoms. The van der Waals surface area contributed by atoms with Gasteiger partial charge in [-0.3, -0.25) is 15.1 Å². The second-order valence-electron chi connectivity index (χ2n) is 4.70. The van der Waals surface area contributed by atoms with Crippen LogP contribution in [0, 0.1) is 5.92 Å². The summed E-state index contributed by atoms with van der Waals surface area (Å²) in [4.78, 5) is 16.1. The molecule has 1 aliphatic rings. The SMILES string of the molecule is CC(C)CN=C1NC(=O)C(c2ccc(Cl)cc2)N1. The van der Waals surface area contributed by atoms with E-state index in [0.29, 0.717) is 23.4 Å². The molecule has 1 heterocycles. The summed E-state index contributed by atoms with van der Waals surface area (Å²) in [5.74, 6) is 0.930. The first-order valence-electron chi connectivity index (χ1n) is 5.93. The number of nitrogens with one attached hydrogen (secondary N) is 2. The zero-order valence-electron chi connectivity index (χ0n) is 10.4. The maximum Gasteiger partial charge on any atom is 0.253 e. The lowest BCUT2D eigenvalue weighted by molar-refractivity contribution is -0.120. The summed E-state index contributed by atoms with van der Waals surface area (Å²) in [6, 6.07) is 6.84. The van der Waals surface area contributed by atoms with Crippen molar-refractivity contribution in [3.05, 3.63) is 34.9 Å². The molecule has 1 aromatic carbocycles. The predicted molar refractivity (Wildman–Crippen MR) is 72.6 cm³/mol. The molecular weight excluding hydrogens is 250 g/mol. The van der Waals surface area contributed by atoms with Gasteiger partial charge in [-0.25, -0.2) is 0 Å². The zero-order chi connectivity index (χ0) is 13.1. The Morgan fingerprint density at radius 3 is 2.61 bits per heavy atom. The van der Waals surface area contributed by atoms with Crippen molar-refractivity contribution in [3.63, 3.8) is 0 Å². The van der Waals surface area contributed by atoms with Crippen LogP contribution in [0.4, 0.5) is 0 Å². The zero-order valence-corrected chi connectivity index (χ0v) is 11.2. The van der Waals surface area contributed by atoms with Crippen molar-refractivity contribution in [2.24, 2.45) is 10.9 Å². The van der Waals surface area contributed by atoms with E-state index in [0.717, 1.165) is 5.56 Å². The fourth-order valence-electron chi connectivity index (χ4n) is 1.68. The summed E-state index contributed by atoms with van der Waals surface area (Å²) in [6.07, 6.45) is 0. The molecule has 1 amide bonds. The Morgan fingerprint density at radius 1 is 1.33 bits per heavy atom. The van der Waals surface area contributed by atoms with E-state index in [2.05, 4.69) is 29.5 Å². The van der Waals surface area contributed by atoms with Crippen LogP contribution in [0.2, 0.25) is 5.02 Å². The highest BCUT2D eigenvalue weighted by Gasteiger charge is 2.29. The first kappa shape index (κ1) is 12.9. The summed E-state index contributed by atoms with van der Waals surface area (Å²) in [7, 11) is 0. The number of hydrogen-bond acceptors (Lipinski definition) is 2. The Morgan fingerprint density at radius 2 is 2.00 bits per heavy atom. The van der Waals surface area contributed by atoms with Crippen LogP contribution in [0.15, 0.2) is 29.3 Å². The summed E-state index contributed by atoms with van der Waals surface area (Å²) in [6.45, 7) is 4.85. The summed E-state index contributed by atoms with van der Waals surface area (Å²) >= 11 is 5.82. The quantitative estimate of drug-likeness (QED) is 0.880. The monoisotopic (exact) mass is 265 g/mol. The van der Waals surface area contributed by atoms with Gasteiger partial charge in [-0.05, 0) is 23.6 Å². The first-order chi connectivity index (χ1) is 8.56. The molecule has 96 valence electrons. The number of carbonyl (C=O) groups excluding carboxylic acids is 1. The summed E-state index contributed by atoms with van der Waals surface area (Å²) < 4.78 is 0. The van der Waals surface area contributed by atoms with Gasteiger partial charge in [0.2, 0.25) is 0 Å². The molecule has 1 atom stereocenters. The van der Waals surface area contributed by atoms with Crippen molar-refractivity contribution < 1.29 is 4.79 Å². The first-order valence-corrected chi connectivity index (χ1v) is 6.31. The van der Waals surface area contributed by atoms with Gasteiger partial charge in [0.15, 0.2) is 5.96 Å². The van der Waals surface area contributed by atoms with E-state index >= 15 is 0 Å². The van der Waals surface area contributed by atoms with Gasteiger partial charge in [0.25, 0.3) is 5.91 Å². The standard InChI is InChI=1S/C13H16ClN3O/c1-8(2)7-15-13-16-11(12(18)17-13)9-3-5-10(14)6-4-9/h3-6,8,11H,7H2,1-2H3,(H2,15,16,17,18). The van der Waals surface area contributed by atoms with Crippen molar-refractivity contribution in [3.8, 4) is 0 Å². The maximum atomic E-state index is 11.8. The fourth-order valence-corrected chi connectivity index (χ4v) is 1.80. The molecule has 1 aromatic rings. The molecule has 18 heavy (non-hydrogen) atoms. The number of benzene rings is 1. The molecule has 0 aliphatic carbocycles. The second kappa shape index (κ2) is 5.40. The number of carbonyl (C=O) groups is 1.